The number of nitrogens with zero attached hydrogens (tertiary/aromatic N) is 1. The Kier molecular flexibility index (Phi) is 5.65. The Bertz CT molecular complexity index is 1050. The van der Waals surface area contributed by atoms with Gasteiger partial charge in [0.1, 0.15) is 0 Å². The standard InChI is InChI=1S/C25H25NO2S/c1-20-12-14-23(15-13-20)29(27,28)26-18-16-24(21-8-4-2-5-9-21)25(17-19-26)22-10-6-3-7-11-22/h2-15H,16-19H2,1H3. The van der Waals surface area contributed by atoms with Crippen LogP contribution in [0.4, 0.5) is 0 Å². The molecule has 0 amide bonds. The molecule has 0 saturated heterocycles. The van der Waals surface area contributed by atoms with Gasteiger partial charge < -0.3 is 0 Å². The third-order valence-electron chi connectivity index (χ3n) is 5.49. The van der Waals surface area contributed by atoms with Crippen molar-refractivity contribution in [3.8, 4) is 0 Å². The summed E-state index contributed by atoms with van der Waals surface area (Å²) >= 11 is 0. The highest BCUT2D eigenvalue weighted by atomic mass is 32.2. The van der Waals surface area contributed by atoms with Gasteiger partial charge in [-0.25, -0.2) is 8.42 Å². The molecule has 0 bridgehead atoms. The molecule has 1 aliphatic rings. The van der Waals surface area contributed by atoms with Crippen LogP contribution in [0.1, 0.15) is 29.5 Å². The third kappa shape index (κ3) is 4.19. The normalized spacial score (nSPS) is 15.9. The summed E-state index contributed by atoms with van der Waals surface area (Å²) in [5, 5.41) is 0. The zero-order valence-electron chi connectivity index (χ0n) is 16.6. The molecule has 0 fully saturated rings. The van der Waals surface area contributed by atoms with Crippen LogP contribution in [-0.2, 0) is 10.0 Å². The van der Waals surface area contributed by atoms with Crippen LogP contribution in [0.2, 0.25) is 0 Å². The van der Waals surface area contributed by atoms with Crippen molar-refractivity contribution >= 4 is 21.2 Å². The first-order valence-electron chi connectivity index (χ1n) is 9.95. The van der Waals surface area contributed by atoms with E-state index in [4.69, 9.17) is 0 Å². The molecule has 0 spiro atoms. The van der Waals surface area contributed by atoms with Gasteiger partial charge in [0, 0.05) is 13.1 Å². The van der Waals surface area contributed by atoms with Crippen LogP contribution < -0.4 is 0 Å². The lowest BCUT2D eigenvalue weighted by Gasteiger charge is -2.20. The van der Waals surface area contributed by atoms with E-state index in [1.807, 2.05) is 55.5 Å². The van der Waals surface area contributed by atoms with Crippen LogP contribution >= 0.6 is 0 Å². The second kappa shape index (κ2) is 8.36. The van der Waals surface area contributed by atoms with Crippen molar-refractivity contribution in [2.75, 3.05) is 13.1 Å². The van der Waals surface area contributed by atoms with E-state index in [2.05, 4.69) is 24.3 Å². The highest BCUT2D eigenvalue weighted by Gasteiger charge is 2.28. The fraction of sp³-hybridized carbons (Fsp3) is 0.200. The SMILES string of the molecule is Cc1ccc(S(=O)(=O)N2CCC(c3ccccc3)=C(c3ccccc3)CC2)cc1. The van der Waals surface area contributed by atoms with Crippen LogP contribution in [0.15, 0.2) is 89.8 Å². The van der Waals surface area contributed by atoms with Gasteiger partial charge in [0.15, 0.2) is 0 Å². The van der Waals surface area contributed by atoms with Gasteiger partial charge in [-0.2, -0.15) is 4.31 Å². The van der Waals surface area contributed by atoms with Gasteiger partial charge in [-0.15, -0.1) is 0 Å². The topological polar surface area (TPSA) is 37.4 Å². The summed E-state index contributed by atoms with van der Waals surface area (Å²) in [5.41, 5.74) is 5.86. The summed E-state index contributed by atoms with van der Waals surface area (Å²) in [6, 6.07) is 27.8. The monoisotopic (exact) mass is 403 g/mol. The Balaban J connectivity index is 1.70. The van der Waals surface area contributed by atoms with Crippen molar-refractivity contribution in [3.63, 3.8) is 0 Å². The summed E-state index contributed by atoms with van der Waals surface area (Å²) < 4.78 is 28.1. The first-order valence-corrected chi connectivity index (χ1v) is 11.4. The summed E-state index contributed by atoms with van der Waals surface area (Å²) in [6.07, 6.45) is 1.39. The Labute approximate surface area is 173 Å². The number of hydrogen-bond acceptors (Lipinski definition) is 2. The number of rotatable bonds is 4. The quantitative estimate of drug-likeness (QED) is 0.586. The summed E-state index contributed by atoms with van der Waals surface area (Å²) in [7, 11) is -3.51. The van der Waals surface area contributed by atoms with E-state index >= 15 is 0 Å². The van der Waals surface area contributed by atoms with E-state index in [-0.39, 0.29) is 0 Å². The van der Waals surface area contributed by atoms with Crippen molar-refractivity contribution in [2.24, 2.45) is 0 Å². The molecular formula is C25H25NO2S. The predicted octanol–water partition coefficient (Wildman–Crippen LogP) is 5.39. The molecular weight excluding hydrogens is 378 g/mol. The molecule has 4 rings (SSSR count). The van der Waals surface area contributed by atoms with Crippen LogP contribution in [0.25, 0.3) is 11.1 Å². The Morgan fingerprint density at radius 3 is 1.55 bits per heavy atom. The molecule has 0 unspecified atom stereocenters. The fourth-order valence-corrected chi connectivity index (χ4v) is 5.34. The zero-order chi connectivity index (χ0) is 20.3. The maximum atomic E-state index is 13.2. The molecule has 0 saturated carbocycles. The number of sulfonamides is 1. The lowest BCUT2D eigenvalue weighted by atomic mass is 9.91. The molecule has 148 valence electrons. The number of hydrogen-bond donors (Lipinski definition) is 0. The van der Waals surface area contributed by atoms with E-state index in [1.165, 1.54) is 22.3 Å². The lowest BCUT2D eigenvalue weighted by Crippen LogP contribution is -2.32. The molecule has 0 aliphatic carbocycles. The van der Waals surface area contributed by atoms with Crippen molar-refractivity contribution in [1.29, 1.82) is 0 Å². The minimum atomic E-state index is -3.51. The van der Waals surface area contributed by atoms with Gasteiger partial charge >= 0.3 is 0 Å². The van der Waals surface area contributed by atoms with E-state index in [0.717, 1.165) is 5.56 Å². The number of aryl methyl sites for hydroxylation is 1. The van der Waals surface area contributed by atoms with Gasteiger partial charge in [0.05, 0.1) is 4.90 Å². The van der Waals surface area contributed by atoms with Crippen molar-refractivity contribution in [3.05, 3.63) is 102 Å². The molecule has 0 radical (unpaired) electrons. The smallest absolute Gasteiger partial charge is 0.207 e. The molecule has 0 N–H and O–H groups in total. The molecule has 4 heteroatoms. The highest BCUT2D eigenvalue weighted by Crippen LogP contribution is 2.35. The fourth-order valence-electron chi connectivity index (χ4n) is 3.90. The van der Waals surface area contributed by atoms with Gasteiger partial charge in [0.2, 0.25) is 10.0 Å². The summed E-state index contributed by atoms with van der Waals surface area (Å²) in [6.45, 7) is 2.93. The Morgan fingerprint density at radius 2 is 1.10 bits per heavy atom. The molecule has 3 aromatic carbocycles. The van der Waals surface area contributed by atoms with Crippen molar-refractivity contribution in [1.82, 2.24) is 4.31 Å². The maximum Gasteiger partial charge on any atom is 0.243 e. The van der Waals surface area contributed by atoms with E-state index < -0.39 is 10.0 Å². The van der Waals surface area contributed by atoms with E-state index in [9.17, 15) is 8.42 Å². The molecule has 29 heavy (non-hydrogen) atoms. The first kappa shape index (κ1) is 19.6. The summed E-state index contributed by atoms with van der Waals surface area (Å²) in [5.74, 6) is 0. The lowest BCUT2D eigenvalue weighted by molar-refractivity contribution is 0.430. The van der Waals surface area contributed by atoms with Crippen molar-refractivity contribution in [2.45, 2.75) is 24.7 Å². The average molecular weight is 404 g/mol. The van der Waals surface area contributed by atoms with Crippen LogP contribution in [-0.4, -0.2) is 25.8 Å². The van der Waals surface area contributed by atoms with E-state index in [0.29, 0.717) is 30.8 Å². The first-order chi connectivity index (χ1) is 14.1. The van der Waals surface area contributed by atoms with Gasteiger partial charge in [-0.1, -0.05) is 78.4 Å². The molecule has 0 aromatic heterocycles. The van der Waals surface area contributed by atoms with Gasteiger partial charge in [-0.3, -0.25) is 0 Å². The molecule has 1 aliphatic heterocycles. The minimum absolute atomic E-state index is 0.368. The largest absolute Gasteiger partial charge is 0.243 e. The van der Waals surface area contributed by atoms with Gasteiger partial charge in [0.25, 0.3) is 0 Å². The zero-order valence-corrected chi connectivity index (χ0v) is 17.4. The predicted molar refractivity (Wildman–Crippen MR) is 119 cm³/mol. The van der Waals surface area contributed by atoms with Crippen LogP contribution in [0.5, 0.6) is 0 Å². The van der Waals surface area contributed by atoms with E-state index in [1.54, 1.807) is 16.4 Å². The second-order valence-electron chi connectivity index (χ2n) is 7.41. The molecule has 3 nitrogen and oxygen atoms in total. The highest BCUT2D eigenvalue weighted by molar-refractivity contribution is 7.89. The molecule has 1 heterocycles. The van der Waals surface area contributed by atoms with Crippen LogP contribution in [0, 0.1) is 6.92 Å². The minimum Gasteiger partial charge on any atom is -0.207 e. The van der Waals surface area contributed by atoms with Crippen molar-refractivity contribution < 1.29 is 8.42 Å². The van der Waals surface area contributed by atoms with Crippen LogP contribution in [0.3, 0.4) is 0 Å². The second-order valence-corrected chi connectivity index (χ2v) is 9.34. The Hall–Kier alpha value is -2.69. The number of benzene rings is 3. The molecule has 0 atom stereocenters. The average Bonchev–Trinajstić information content (AvgIpc) is 2.99. The molecule has 3 aromatic rings. The third-order valence-corrected chi connectivity index (χ3v) is 7.40. The maximum absolute atomic E-state index is 13.2. The summed E-state index contributed by atoms with van der Waals surface area (Å²) in [4.78, 5) is 0.368. The van der Waals surface area contributed by atoms with Gasteiger partial charge in [-0.05, 0) is 54.2 Å². The Morgan fingerprint density at radius 1 is 0.655 bits per heavy atom.